The third-order valence-corrected chi connectivity index (χ3v) is 5.20. The summed E-state index contributed by atoms with van der Waals surface area (Å²) in [7, 11) is 0. The number of thiazole rings is 1. The molecule has 1 unspecified atom stereocenters. The number of alkyl halides is 3. The summed E-state index contributed by atoms with van der Waals surface area (Å²) in [5.74, 6) is -1.97. The molecule has 138 valence electrons. The summed E-state index contributed by atoms with van der Waals surface area (Å²) in [4.78, 5) is 32.0. The Bertz CT molecular complexity index is 879. The molecular weight excluding hydrogens is 371 g/mol. The van der Waals surface area contributed by atoms with Crippen molar-refractivity contribution in [3.8, 4) is 0 Å². The van der Waals surface area contributed by atoms with Crippen LogP contribution in [0.2, 0.25) is 0 Å². The van der Waals surface area contributed by atoms with Crippen molar-refractivity contribution in [1.82, 2.24) is 9.97 Å². The minimum absolute atomic E-state index is 0.0228. The first-order valence-electron chi connectivity index (χ1n) is 7.72. The van der Waals surface area contributed by atoms with Crippen LogP contribution in [0.3, 0.4) is 0 Å². The topological polar surface area (TPSA) is 92.2 Å². The highest BCUT2D eigenvalue weighted by molar-refractivity contribution is 7.15. The van der Waals surface area contributed by atoms with Gasteiger partial charge in [-0.1, -0.05) is 0 Å². The average Bonchev–Trinajstić information content (AvgIpc) is 2.94. The number of aryl methyl sites for hydroxylation is 2. The lowest BCUT2D eigenvalue weighted by Gasteiger charge is -2.16. The Kier molecular flexibility index (Phi) is 4.70. The number of aromatic nitrogens is 2. The third kappa shape index (κ3) is 3.69. The molecule has 0 saturated carbocycles. The summed E-state index contributed by atoms with van der Waals surface area (Å²) in [6.45, 7) is 1.33. The summed E-state index contributed by atoms with van der Waals surface area (Å²) in [5.41, 5.74) is -0.429. The monoisotopic (exact) mass is 385 g/mol. The van der Waals surface area contributed by atoms with E-state index in [1.165, 1.54) is 18.3 Å². The van der Waals surface area contributed by atoms with Gasteiger partial charge in [-0.05, 0) is 31.9 Å². The number of nitrogens with one attached hydrogen (secondary N) is 1. The van der Waals surface area contributed by atoms with Crippen molar-refractivity contribution in [3.63, 3.8) is 0 Å². The van der Waals surface area contributed by atoms with Crippen molar-refractivity contribution in [2.75, 3.05) is 5.32 Å². The Morgan fingerprint density at radius 2 is 2.04 bits per heavy atom. The van der Waals surface area contributed by atoms with Crippen molar-refractivity contribution in [2.24, 2.45) is 5.92 Å². The Balaban J connectivity index is 1.76. The summed E-state index contributed by atoms with van der Waals surface area (Å²) in [6.07, 6.45) is -3.19. The summed E-state index contributed by atoms with van der Waals surface area (Å²) in [6, 6.07) is 1.83. The van der Waals surface area contributed by atoms with Crippen LogP contribution >= 0.6 is 11.3 Å². The van der Waals surface area contributed by atoms with Gasteiger partial charge in [-0.2, -0.15) is 13.2 Å². The fraction of sp³-hybridized carbons (Fsp3) is 0.375. The normalized spacial score (nSPS) is 16.8. The number of hydrogen-bond donors (Lipinski definition) is 2. The van der Waals surface area contributed by atoms with E-state index in [0.717, 1.165) is 17.0 Å². The van der Waals surface area contributed by atoms with E-state index in [1.807, 2.05) is 0 Å². The van der Waals surface area contributed by atoms with E-state index in [9.17, 15) is 22.8 Å². The zero-order valence-electron chi connectivity index (χ0n) is 13.6. The molecule has 3 rings (SSSR count). The van der Waals surface area contributed by atoms with E-state index in [2.05, 4.69) is 15.3 Å². The van der Waals surface area contributed by atoms with Crippen LogP contribution in [0.5, 0.6) is 0 Å². The fourth-order valence-electron chi connectivity index (χ4n) is 2.77. The van der Waals surface area contributed by atoms with E-state index in [0.29, 0.717) is 30.1 Å². The molecule has 0 bridgehead atoms. The first-order valence-corrected chi connectivity index (χ1v) is 8.54. The molecule has 2 aromatic heterocycles. The number of rotatable bonds is 3. The van der Waals surface area contributed by atoms with Crippen molar-refractivity contribution in [1.29, 1.82) is 0 Å². The van der Waals surface area contributed by atoms with E-state index in [-0.39, 0.29) is 11.3 Å². The fourth-order valence-corrected chi connectivity index (χ4v) is 3.77. The Morgan fingerprint density at radius 3 is 2.65 bits per heavy atom. The quantitative estimate of drug-likeness (QED) is 0.846. The predicted molar refractivity (Wildman–Crippen MR) is 87.2 cm³/mol. The van der Waals surface area contributed by atoms with Crippen LogP contribution in [0, 0.1) is 12.8 Å². The number of halogens is 3. The van der Waals surface area contributed by atoms with Gasteiger partial charge in [-0.15, -0.1) is 11.3 Å². The van der Waals surface area contributed by atoms with Crippen LogP contribution in [0.4, 0.5) is 18.3 Å². The first kappa shape index (κ1) is 18.3. The first-order chi connectivity index (χ1) is 12.1. The second kappa shape index (κ2) is 6.67. The lowest BCUT2D eigenvalue weighted by Crippen LogP contribution is -2.21. The number of carbonyl (C=O) groups is 2. The van der Waals surface area contributed by atoms with Gasteiger partial charge >= 0.3 is 12.1 Å². The lowest BCUT2D eigenvalue weighted by molar-refractivity contribution is -0.142. The summed E-state index contributed by atoms with van der Waals surface area (Å²) >= 11 is 1.25. The highest BCUT2D eigenvalue weighted by Crippen LogP contribution is 2.33. The second-order valence-electron chi connectivity index (χ2n) is 5.95. The van der Waals surface area contributed by atoms with Crippen LogP contribution in [-0.4, -0.2) is 27.0 Å². The van der Waals surface area contributed by atoms with Gasteiger partial charge in [0.05, 0.1) is 22.9 Å². The number of carboxylic acid groups (broad SMARTS) is 1. The minimum atomic E-state index is -4.57. The van der Waals surface area contributed by atoms with Gasteiger partial charge in [-0.25, -0.2) is 9.97 Å². The molecule has 0 aliphatic heterocycles. The summed E-state index contributed by atoms with van der Waals surface area (Å²) in [5, 5.41) is 11.9. The number of fused-ring (bicyclic) bond motifs is 1. The zero-order chi connectivity index (χ0) is 19.1. The number of amides is 1. The van der Waals surface area contributed by atoms with Crippen LogP contribution in [0.25, 0.3) is 0 Å². The number of carboxylic acids is 1. The maximum atomic E-state index is 12.7. The Morgan fingerprint density at radius 1 is 1.31 bits per heavy atom. The molecule has 0 saturated heterocycles. The summed E-state index contributed by atoms with van der Waals surface area (Å²) < 4.78 is 38.0. The standard InChI is InChI=1S/C16H14F3N3O3S/c1-7-9(3-5-12(20-7)16(17,18)19)13(23)22-15-21-10-6-8(14(24)25)2-4-11(10)26-15/h3,5,8H,2,4,6H2,1H3,(H,24,25)(H,21,22,23). The Hall–Kier alpha value is -2.49. The molecule has 1 aliphatic carbocycles. The maximum absolute atomic E-state index is 12.7. The molecule has 0 radical (unpaired) electrons. The molecule has 0 aromatic carbocycles. The predicted octanol–water partition coefficient (Wildman–Crippen LogP) is 3.31. The molecule has 2 aromatic rings. The van der Waals surface area contributed by atoms with Gasteiger partial charge in [-0.3, -0.25) is 14.9 Å². The van der Waals surface area contributed by atoms with E-state index < -0.39 is 29.7 Å². The molecular formula is C16H14F3N3O3S. The zero-order valence-corrected chi connectivity index (χ0v) is 14.4. The number of anilines is 1. The van der Waals surface area contributed by atoms with Crippen LogP contribution in [-0.2, 0) is 23.8 Å². The molecule has 1 aliphatic rings. The molecule has 0 fully saturated rings. The van der Waals surface area contributed by atoms with Crippen molar-refractivity contribution >= 4 is 28.3 Å². The van der Waals surface area contributed by atoms with Gasteiger partial charge < -0.3 is 5.11 Å². The number of pyridine rings is 1. The van der Waals surface area contributed by atoms with Gasteiger partial charge in [0.2, 0.25) is 0 Å². The van der Waals surface area contributed by atoms with Gasteiger partial charge in [0, 0.05) is 11.3 Å². The highest BCUT2D eigenvalue weighted by Gasteiger charge is 2.33. The van der Waals surface area contributed by atoms with Crippen LogP contribution < -0.4 is 5.32 Å². The van der Waals surface area contributed by atoms with Gasteiger partial charge in [0.1, 0.15) is 5.69 Å². The molecule has 6 nitrogen and oxygen atoms in total. The van der Waals surface area contributed by atoms with E-state index in [4.69, 9.17) is 5.11 Å². The average molecular weight is 385 g/mol. The SMILES string of the molecule is Cc1nc(C(F)(F)F)ccc1C(=O)Nc1nc2c(s1)CCC(C(=O)O)C2. The molecule has 2 N–H and O–H groups in total. The number of carbonyl (C=O) groups excluding carboxylic acids is 1. The van der Waals surface area contributed by atoms with E-state index in [1.54, 1.807) is 0 Å². The second-order valence-corrected chi connectivity index (χ2v) is 7.03. The largest absolute Gasteiger partial charge is 0.481 e. The molecule has 1 amide bonds. The van der Waals surface area contributed by atoms with Gasteiger partial charge in [0.15, 0.2) is 5.13 Å². The van der Waals surface area contributed by atoms with Crippen molar-refractivity contribution in [3.05, 3.63) is 39.7 Å². The minimum Gasteiger partial charge on any atom is -0.481 e. The Labute approximate surface area is 150 Å². The van der Waals surface area contributed by atoms with Crippen LogP contribution in [0.15, 0.2) is 12.1 Å². The molecule has 2 heterocycles. The number of aliphatic carboxylic acids is 1. The smallest absolute Gasteiger partial charge is 0.433 e. The number of nitrogens with zero attached hydrogens (tertiary/aromatic N) is 2. The molecule has 10 heteroatoms. The highest BCUT2D eigenvalue weighted by atomic mass is 32.1. The van der Waals surface area contributed by atoms with Crippen molar-refractivity contribution < 1.29 is 27.9 Å². The molecule has 1 atom stereocenters. The third-order valence-electron chi connectivity index (χ3n) is 4.13. The number of hydrogen-bond acceptors (Lipinski definition) is 5. The van der Waals surface area contributed by atoms with Crippen LogP contribution in [0.1, 0.15) is 38.7 Å². The molecule has 0 spiro atoms. The van der Waals surface area contributed by atoms with E-state index >= 15 is 0 Å². The maximum Gasteiger partial charge on any atom is 0.433 e. The van der Waals surface area contributed by atoms with Crippen molar-refractivity contribution in [2.45, 2.75) is 32.4 Å². The van der Waals surface area contributed by atoms with Gasteiger partial charge in [0.25, 0.3) is 5.91 Å². The molecule has 26 heavy (non-hydrogen) atoms. The lowest BCUT2D eigenvalue weighted by atomic mass is 9.91.